The van der Waals surface area contributed by atoms with Gasteiger partial charge >= 0.3 is 0 Å². The van der Waals surface area contributed by atoms with Gasteiger partial charge in [0.05, 0.1) is 6.33 Å². The number of hydrogen-bond donors (Lipinski definition) is 1. The van der Waals surface area contributed by atoms with E-state index >= 15 is 0 Å². The average molecular weight is 333 g/mol. The Morgan fingerprint density at radius 2 is 2.08 bits per heavy atom. The Balaban J connectivity index is 0.000000720. The molecule has 2 aromatic rings. The molecule has 0 aliphatic carbocycles. The van der Waals surface area contributed by atoms with Crippen LogP contribution in [0.4, 0.5) is 5.82 Å². The smallest absolute Gasteiger partial charge is 0.165 e. The number of fused-ring (bicyclic) bond motifs is 1. The maximum absolute atomic E-state index is 5.54. The van der Waals surface area contributed by atoms with E-state index in [-0.39, 0.29) is 21.1 Å². The third-order valence-corrected chi connectivity index (χ3v) is 1.53. The molecule has 0 aliphatic rings. The molecule has 0 aliphatic heterocycles. The number of aryl methyl sites for hydroxylation is 1. The van der Waals surface area contributed by atoms with E-state index in [2.05, 4.69) is 15.0 Å². The molecule has 2 N–H and O–H groups in total. The third-order valence-electron chi connectivity index (χ3n) is 1.53. The molecule has 0 unspecified atom stereocenters. The molecular formula is C6H7N5W. The van der Waals surface area contributed by atoms with Crippen LogP contribution in [0.3, 0.4) is 0 Å². The van der Waals surface area contributed by atoms with Crippen LogP contribution in [-0.4, -0.2) is 19.5 Å². The molecule has 0 spiro atoms. The second-order valence-electron chi connectivity index (χ2n) is 2.29. The normalized spacial score (nSPS) is 9.75. The van der Waals surface area contributed by atoms with Gasteiger partial charge in [-0.3, -0.25) is 0 Å². The Bertz CT molecular complexity index is 396. The van der Waals surface area contributed by atoms with Crippen molar-refractivity contribution in [1.82, 2.24) is 19.5 Å². The van der Waals surface area contributed by atoms with Crippen LogP contribution in [0.25, 0.3) is 11.2 Å². The van der Waals surface area contributed by atoms with Crippen molar-refractivity contribution >= 4 is 17.0 Å². The molecule has 5 nitrogen and oxygen atoms in total. The monoisotopic (exact) mass is 333 g/mol. The number of nitrogens with two attached hydrogens (primary N) is 1. The van der Waals surface area contributed by atoms with Gasteiger partial charge in [0.1, 0.15) is 11.8 Å². The molecule has 2 aromatic heterocycles. The van der Waals surface area contributed by atoms with Gasteiger partial charge in [0.25, 0.3) is 0 Å². The zero-order chi connectivity index (χ0) is 7.84. The van der Waals surface area contributed by atoms with Crippen LogP contribution >= 0.6 is 0 Å². The van der Waals surface area contributed by atoms with Crippen molar-refractivity contribution in [2.75, 3.05) is 5.73 Å². The van der Waals surface area contributed by atoms with Crippen molar-refractivity contribution < 1.29 is 21.1 Å². The van der Waals surface area contributed by atoms with Crippen LogP contribution < -0.4 is 5.73 Å². The fraction of sp³-hybridized carbons (Fsp3) is 0.167. The number of nitrogen functional groups attached to an aromatic ring is 1. The van der Waals surface area contributed by atoms with Crippen molar-refractivity contribution in [3.05, 3.63) is 12.7 Å². The van der Waals surface area contributed by atoms with Gasteiger partial charge in [-0.05, 0) is 0 Å². The van der Waals surface area contributed by atoms with Gasteiger partial charge in [-0.1, -0.05) is 0 Å². The Morgan fingerprint density at radius 1 is 1.33 bits per heavy atom. The van der Waals surface area contributed by atoms with Gasteiger partial charge < -0.3 is 10.3 Å². The summed E-state index contributed by atoms with van der Waals surface area (Å²) in [7, 11) is 1.86. The zero-order valence-electron chi connectivity index (χ0n) is 6.43. The van der Waals surface area contributed by atoms with Crippen LogP contribution in [0.1, 0.15) is 0 Å². The maximum atomic E-state index is 5.54. The summed E-state index contributed by atoms with van der Waals surface area (Å²) in [5.41, 5.74) is 6.97. The molecule has 0 fully saturated rings. The Labute approximate surface area is 83.3 Å². The van der Waals surface area contributed by atoms with E-state index in [1.165, 1.54) is 6.33 Å². The van der Waals surface area contributed by atoms with Gasteiger partial charge in [-0.25, -0.2) is 15.0 Å². The number of imidazole rings is 1. The zero-order valence-corrected chi connectivity index (χ0v) is 9.36. The molecule has 0 atom stereocenters. The largest absolute Gasteiger partial charge is 0.382 e. The summed E-state index contributed by atoms with van der Waals surface area (Å²) in [6, 6.07) is 0. The summed E-state index contributed by atoms with van der Waals surface area (Å²) in [4.78, 5) is 11.9. The summed E-state index contributed by atoms with van der Waals surface area (Å²) in [6.07, 6.45) is 3.09. The van der Waals surface area contributed by atoms with Gasteiger partial charge in [0.2, 0.25) is 0 Å². The van der Waals surface area contributed by atoms with Crippen molar-refractivity contribution in [3.8, 4) is 0 Å². The minimum absolute atomic E-state index is 0. The number of aromatic nitrogens is 4. The molecule has 62 valence electrons. The molecule has 2 rings (SSSR count). The number of nitrogens with zero attached hydrogens (tertiary/aromatic N) is 4. The molecule has 0 radical (unpaired) electrons. The molecule has 2 heterocycles. The minimum Gasteiger partial charge on any atom is -0.382 e. The van der Waals surface area contributed by atoms with Crippen LogP contribution in [-0.2, 0) is 28.1 Å². The van der Waals surface area contributed by atoms with Gasteiger partial charge in [0, 0.05) is 28.1 Å². The van der Waals surface area contributed by atoms with Crippen molar-refractivity contribution in [1.29, 1.82) is 0 Å². The Hall–Kier alpha value is -0.962. The van der Waals surface area contributed by atoms with Gasteiger partial charge in [-0.15, -0.1) is 0 Å². The standard InChI is InChI=1S/C6H7N5.W/c1-11-3-10-4-5(7)8-2-9-6(4)11;/h2-3H,1H3,(H2,7,8,9);. The Kier molecular flexibility index (Phi) is 2.43. The molecule has 0 bridgehead atoms. The maximum Gasteiger partial charge on any atom is 0.165 e. The quantitative estimate of drug-likeness (QED) is 0.734. The SMILES string of the molecule is Cn1cnc2c(N)ncnc21.[W]. The van der Waals surface area contributed by atoms with Gasteiger partial charge in [0.15, 0.2) is 11.5 Å². The number of anilines is 1. The average Bonchev–Trinajstić information content (AvgIpc) is 2.35. The van der Waals surface area contributed by atoms with E-state index in [4.69, 9.17) is 5.73 Å². The van der Waals surface area contributed by atoms with Crippen LogP contribution in [0.2, 0.25) is 0 Å². The molecule has 0 amide bonds. The first-order valence-electron chi connectivity index (χ1n) is 3.16. The van der Waals surface area contributed by atoms with Crippen LogP contribution in [0.5, 0.6) is 0 Å². The second-order valence-corrected chi connectivity index (χ2v) is 2.29. The first-order chi connectivity index (χ1) is 5.29. The van der Waals surface area contributed by atoms with Crippen LogP contribution in [0.15, 0.2) is 12.7 Å². The summed E-state index contributed by atoms with van der Waals surface area (Å²) in [6.45, 7) is 0. The minimum atomic E-state index is 0. The van der Waals surface area contributed by atoms with E-state index < -0.39 is 0 Å². The predicted octanol–water partition coefficient (Wildman–Crippen LogP) is -0.0570. The van der Waals surface area contributed by atoms with Crippen LogP contribution in [0, 0.1) is 0 Å². The van der Waals surface area contributed by atoms with E-state index in [1.807, 2.05) is 7.05 Å². The first kappa shape index (κ1) is 9.13. The van der Waals surface area contributed by atoms with E-state index in [0.29, 0.717) is 11.3 Å². The van der Waals surface area contributed by atoms with E-state index in [0.717, 1.165) is 5.65 Å². The number of rotatable bonds is 0. The van der Waals surface area contributed by atoms with Crippen molar-refractivity contribution in [3.63, 3.8) is 0 Å². The molecule has 0 saturated carbocycles. The van der Waals surface area contributed by atoms with Gasteiger partial charge in [-0.2, -0.15) is 0 Å². The fourth-order valence-electron chi connectivity index (χ4n) is 0.964. The number of hydrogen-bond acceptors (Lipinski definition) is 4. The molecule has 6 heteroatoms. The topological polar surface area (TPSA) is 69.6 Å². The molecule has 0 saturated heterocycles. The Morgan fingerprint density at radius 3 is 2.75 bits per heavy atom. The van der Waals surface area contributed by atoms with E-state index in [1.54, 1.807) is 10.9 Å². The molecular weight excluding hydrogens is 326 g/mol. The summed E-state index contributed by atoms with van der Waals surface area (Å²) in [5.74, 6) is 0.426. The fourth-order valence-corrected chi connectivity index (χ4v) is 0.964. The van der Waals surface area contributed by atoms with Crippen molar-refractivity contribution in [2.24, 2.45) is 7.05 Å². The third kappa shape index (κ3) is 1.20. The summed E-state index contributed by atoms with van der Waals surface area (Å²) >= 11 is 0. The molecule has 12 heavy (non-hydrogen) atoms. The predicted molar refractivity (Wildman–Crippen MR) is 40.7 cm³/mol. The summed E-state index contributed by atoms with van der Waals surface area (Å²) < 4.78 is 1.80. The second kappa shape index (κ2) is 3.19. The summed E-state index contributed by atoms with van der Waals surface area (Å²) in [5, 5.41) is 0. The first-order valence-corrected chi connectivity index (χ1v) is 3.16. The van der Waals surface area contributed by atoms with Crippen molar-refractivity contribution in [2.45, 2.75) is 0 Å². The molecule has 0 aromatic carbocycles. The van der Waals surface area contributed by atoms with E-state index in [9.17, 15) is 0 Å².